The first kappa shape index (κ1) is 16.1. The molecular weight excluding hydrogens is 310 g/mol. The predicted molar refractivity (Wildman–Crippen MR) is 98.7 cm³/mol. The smallest absolute Gasteiger partial charge is 0.141 e. The van der Waals surface area contributed by atoms with Crippen LogP contribution in [0.1, 0.15) is 11.1 Å². The molecule has 1 aromatic heterocycles. The lowest BCUT2D eigenvalue weighted by molar-refractivity contribution is -1.02. The number of nitrogens with one attached hydrogen (secondary N) is 2. The van der Waals surface area contributed by atoms with Crippen molar-refractivity contribution in [3.05, 3.63) is 71.9 Å². The molecule has 0 amide bonds. The number of rotatable bonds is 4. The number of nitrogens with zero attached hydrogens (tertiary/aromatic N) is 1. The second-order valence-electron chi connectivity index (χ2n) is 6.98. The van der Waals surface area contributed by atoms with Crippen molar-refractivity contribution in [2.24, 2.45) is 0 Å². The van der Waals surface area contributed by atoms with Gasteiger partial charge >= 0.3 is 0 Å². The Hall–Kier alpha value is -2.43. The molecule has 2 aromatic carbocycles. The van der Waals surface area contributed by atoms with Gasteiger partial charge in [0.2, 0.25) is 0 Å². The summed E-state index contributed by atoms with van der Waals surface area (Å²) in [6, 6.07) is 18.6. The Kier molecular flexibility index (Phi) is 4.63. The van der Waals surface area contributed by atoms with Gasteiger partial charge in [-0.25, -0.2) is 0 Å². The van der Waals surface area contributed by atoms with E-state index in [1.54, 1.807) is 22.1 Å². The Morgan fingerprint density at radius 1 is 0.800 bits per heavy atom. The fourth-order valence-corrected chi connectivity index (χ4v) is 3.84. The number of phenolic OH excluding ortho intramolecular Hbond substituents is 1. The number of fused-ring (bicyclic) bond motifs is 1. The standard InChI is InChI=1S/C21H23N3O/c25-20-9-8-18(19-7-4-10-22-21(19)20)16-24-13-11-23(12-14-24)15-17-5-2-1-3-6-17/h1-10,25H,11-16H2/p+2. The summed E-state index contributed by atoms with van der Waals surface area (Å²) in [5, 5.41) is 11.1. The van der Waals surface area contributed by atoms with E-state index in [1.165, 1.54) is 37.3 Å². The van der Waals surface area contributed by atoms with Crippen LogP contribution in [0.15, 0.2) is 60.8 Å². The van der Waals surface area contributed by atoms with Crippen LogP contribution < -0.4 is 9.80 Å². The van der Waals surface area contributed by atoms with Crippen molar-refractivity contribution < 1.29 is 14.9 Å². The van der Waals surface area contributed by atoms with Gasteiger partial charge in [0.05, 0.1) is 0 Å². The molecule has 0 saturated carbocycles. The summed E-state index contributed by atoms with van der Waals surface area (Å²) in [5.41, 5.74) is 3.42. The van der Waals surface area contributed by atoms with Crippen LogP contribution in [-0.2, 0) is 13.1 Å². The average Bonchev–Trinajstić information content (AvgIpc) is 2.67. The first-order chi connectivity index (χ1) is 12.3. The van der Waals surface area contributed by atoms with E-state index in [4.69, 9.17) is 0 Å². The minimum atomic E-state index is 0.270. The monoisotopic (exact) mass is 335 g/mol. The van der Waals surface area contributed by atoms with Gasteiger partial charge in [-0.1, -0.05) is 36.4 Å². The van der Waals surface area contributed by atoms with Crippen LogP contribution in [0.3, 0.4) is 0 Å². The number of piperazine rings is 1. The molecule has 3 N–H and O–H groups in total. The lowest BCUT2D eigenvalue weighted by Gasteiger charge is -2.30. The van der Waals surface area contributed by atoms with Gasteiger partial charge in [0.25, 0.3) is 0 Å². The fourth-order valence-electron chi connectivity index (χ4n) is 3.84. The van der Waals surface area contributed by atoms with E-state index in [1.807, 2.05) is 6.07 Å². The maximum Gasteiger partial charge on any atom is 0.141 e. The minimum Gasteiger partial charge on any atom is -0.506 e. The summed E-state index contributed by atoms with van der Waals surface area (Å²) in [7, 11) is 0. The van der Waals surface area contributed by atoms with Gasteiger partial charge in [-0.15, -0.1) is 0 Å². The van der Waals surface area contributed by atoms with Crippen molar-refractivity contribution in [2.75, 3.05) is 26.2 Å². The summed E-state index contributed by atoms with van der Waals surface area (Å²) in [6.07, 6.45) is 1.74. The van der Waals surface area contributed by atoms with Crippen molar-refractivity contribution in [3.8, 4) is 5.75 Å². The van der Waals surface area contributed by atoms with Crippen LogP contribution >= 0.6 is 0 Å². The quantitative estimate of drug-likeness (QED) is 0.647. The van der Waals surface area contributed by atoms with Gasteiger partial charge in [0.1, 0.15) is 50.5 Å². The third-order valence-electron chi connectivity index (χ3n) is 5.24. The van der Waals surface area contributed by atoms with Gasteiger partial charge in [-0.3, -0.25) is 4.98 Å². The van der Waals surface area contributed by atoms with E-state index in [0.717, 1.165) is 18.5 Å². The van der Waals surface area contributed by atoms with E-state index in [2.05, 4.69) is 47.4 Å². The van der Waals surface area contributed by atoms with Gasteiger partial charge < -0.3 is 14.9 Å². The molecule has 1 saturated heterocycles. The summed E-state index contributed by atoms with van der Waals surface area (Å²) in [5.74, 6) is 0.270. The van der Waals surface area contributed by atoms with Crippen LogP contribution in [-0.4, -0.2) is 36.3 Å². The molecule has 3 aromatic rings. The van der Waals surface area contributed by atoms with Crippen LogP contribution in [0.25, 0.3) is 10.9 Å². The summed E-state index contributed by atoms with van der Waals surface area (Å²) >= 11 is 0. The SMILES string of the molecule is Oc1ccc(C[NH+]2CC[NH+](Cc3ccccc3)CC2)c2cccnc12. The highest BCUT2D eigenvalue weighted by molar-refractivity contribution is 5.86. The lowest BCUT2D eigenvalue weighted by Crippen LogP contribution is -3.27. The molecule has 25 heavy (non-hydrogen) atoms. The van der Waals surface area contributed by atoms with E-state index in [9.17, 15) is 5.11 Å². The molecule has 0 radical (unpaired) electrons. The molecule has 128 valence electrons. The molecule has 1 aliphatic rings. The summed E-state index contributed by atoms with van der Waals surface area (Å²) in [6.45, 7) is 6.91. The molecule has 2 heterocycles. The molecule has 0 atom stereocenters. The number of phenols is 1. The highest BCUT2D eigenvalue weighted by Crippen LogP contribution is 2.24. The Bertz CT molecular complexity index is 842. The molecule has 1 aliphatic heterocycles. The first-order valence-corrected chi connectivity index (χ1v) is 9.06. The summed E-state index contributed by atoms with van der Waals surface area (Å²) < 4.78 is 0. The van der Waals surface area contributed by atoms with Crippen LogP contribution in [0.5, 0.6) is 5.75 Å². The van der Waals surface area contributed by atoms with Crippen molar-refractivity contribution in [1.82, 2.24) is 4.98 Å². The molecule has 0 bridgehead atoms. The number of aromatic hydroxyl groups is 1. The Balaban J connectivity index is 1.40. The zero-order chi connectivity index (χ0) is 17.1. The third kappa shape index (κ3) is 3.65. The van der Waals surface area contributed by atoms with Crippen molar-refractivity contribution in [3.63, 3.8) is 0 Å². The number of hydrogen-bond acceptors (Lipinski definition) is 2. The molecule has 0 spiro atoms. The number of hydrogen-bond donors (Lipinski definition) is 3. The van der Waals surface area contributed by atoms with Gasteiger partial charge in [0.15, 0.2) is 0 Å². The number of pyridine rings is 1. The molecule has 0 unspecified atom stereocenters. The zero-order valence-electron chi connectivity index (χ0n) is 14.4. The molecule has 0 aliphatic carbocycles. The van der Waals surface area contributed by atoms with E-state index in [0.29, 0.717) is 5.52 Å². The van der Waals surface area contributed by atoms with E-state index in [-0.39, 0.29) is 5.75 Å². The minimum absolute atomic E-state index is 0.270. The highest BCUT2D eigenvalue weighted by Gasteiger charge is 2.23. The fraction of sp³-hybridized carbons (Fsp3) is 0.286. The van der Waals surface area contributed by atoms with Gasteiger partial charge in [-0.05, 0) is 18.2 Å². The topological polar surface area (TPSA) is 42.0 Å². The van der Waals surface area contributed by atoms with E-state index >= 15 is 0 Å². The molecule has 4 heteroatoms. The molecular formula is C21H25N3O+2. The zero-order valence-corrected chi connectivity index (χ0v) is 14.4. The molecule has 4 rings (SSSR count). The maximum absolute atomic E-state index is 10.0. The second kappa shape index (κ2) is 7.21. The van der Waals surface area contributed by atoms with Crippen molar-refractivity contribution in [2.45, 2.75) is 13.1 Å². The predicted octanol–water partition coefficient (Wildman–Crippen LogP) is 0.424. The number of quaternary nitrogens is 2. The van der Waals surface area contributed by atoms with Crippen molar-refractivity contribution >= 4 is 10.9 Å². The Morgan fingerprint density at radius 2 is 1.52 bits per heavy atom. The molecule has 4 nitrogen and oxygen atoms in total. The Morgan fingerprint density at radius 3 is 2.28 bits per heavy atom. The van der Waals surface area contributed by atoms with Crippen molar-refractivity contribution in [1.29, 1.82) is 0 Å². The van der Waals surface area contributed by atoms with Crippen LogP contribution in [0, 0.1) is 0 Å². The number of benzene rings is 2. The lowest BCUT2D eigenvalue weighted by atomic mass is 10.1. The molecule has 1 fully saturated rings. The van der Waals surface area contributed by atoms with Gasteiger partial charge in [-0.2, -0.15) is 0 Å². The van der Waals surface area contributed by atoms with Crippen LogP contribution in [0.2, 0.25) is 0 Å². The Labute approximate surface area is 148 Å². The maximum atomic E-state index is 10.0. The normalized spacial score (nSPS) is 20.6. The highest BCUT2D eigenvalue weighted by atomic mass is 16.3. The second-order valence-corrected chi connectivity index (χ2v) is 6.98. The third-order valence-corrected chi connectivity index (χ3v) is 5.24. The first-order valence-electron chi connectivity index (χ1n) is 9.06. The average molecular weight is 335 g/mol. The number of aromatic nitrogens is 1. The largest absolute Gasteiger partial charge is 0.506 e. The summed E-state index contributed by atoms with van der Waals surface area (Å²) in [4.78, 5) is 7.62. The van der Waals surface area contributed by atoms with E-state index < -0.39 is 0 Å². The van der Waals surface area contributed by atoms with Gasteiger partial charge in [0, 0.05) is 22.7 Å². The van der Waals surface area contributed by atoms with Crippen LogP contribution in [0.4, 0.5) is 0 Å².